The maximum Gasteiger partial charge on any atom is 0.259 e. The van der Waals surface area contributed by atoms with Crippen LogP contribution in [0.4, 0.5) is 5.82 Å². The molecule has 3 heterocycles. The van der Waals surface area contributed by atoms with Gasteiger partial charge in [-0.25, -0.2) is 19.6 Å². The second-order valence-corrected chi connectivity index (χ2v) is 13.0. The van der Waals surface area contributed by atoms with Gasteiger partial charge < -0.3 is 28.9 Å². The van der Waals surface area contributed by atoms with E-state index in [9.17, 15) is 14.7 Å². The van der Waals surface area contributed by atoms with Crippen molar-refractivity contribution in [2.75, 3.05) is 37.5 Å². The van der Waals surface area contributed by atoms with E-state index in [2.05, 4.69) is 52.6 Å². The Labute approximate surface area is 247 Å². The van der Waals surface area contributed by atoms with Gasteiger partial charge in [-0.05, 0) is 27.7 Å². The second-order valence-electron chi connectivity index (χ2n) is 10.5. The minimum Gasteiger partial charge on any atom is -0.394 e. The Bertz CT molecular complexity index is 1130. The van der Waals surface area contributed by atoms with Crippen LogP contribution in [0.25, 0.3) is 11.2 Å². The fourth-order valence-corrected chi connectivity index (χ4v) is 6.83. The maximum absolute atomic E-state index is 11.8. The van der Waals surface area contributed by atoms with Crippen molar-refractivity contribution in [2.24, 2.45) is 5.92 Å². The van der Waals surface area contributed by atoms with Crippen LogP contribution in [-0.2, 0) is 28.1 Å². The number of carbonyl (C=O) groups is 2. The molecule has 0 saturated carbocycles. The third kappa shape index (κ3) is 9.36. The lowest BCUT2D eigenvalue weighted by Crippen LogP contribution is -2.36. The Balaban J connectivity index is 1.67. The number of carbonyl (C=O) groups excluding carboxylic acids is 2. The number of anilines is 1. The number of aromatic nitrogens is 4. The summed E-state index contributed by atoms with van der Waals surface area (Å²) in [7, 11) is -1.51. The molecule has 0 bridgehead atoms. The molecule has 1 amide bonds. The molecule has 0 aromatic carbocycles. The van der Waals surface area contributed by atoms with E-state index >= 15 is 0 Å². The highest BCUT2D eigenvalue weighted by atomic mass is 32.2. The zero-order chi connectivity index (χ0) is 30.1. The molecule has 4 atom stereocenters. The molecule has 230 valence electrons. The summed E-state index contributed by atoms with van der Waals surface area (Å²) in [5.41, 5.74) is 0.945. The van der Waals surface area contributed by atoms with Gasteiger partial charge in [0, 0.05) is 37.1 Å². The van der Waals surface area contributed by atoms with Crippen LogP contribution in [-0.4, -0.2) is 96.8 Å². The standard InChI is InChI=1S/C26H43N6O7PS/c1-16(2)26(35)41-11-10-36-8-9-37-40(32(17(3)4)18(5)6)39-20-12-22(38-21(20)13-33)31-15-29-23-24(30-19(7)34)27-14-28-25(23)31/h14-18,20-22,33H,8-13H2,1-7H3,(H,27,28,30,34)/t20-,21-,22-,40?/m1/s1. The van der Waals surface area contributed by atoms with Crippen molar-refractivity contribution in [1.29, 1.82) is 0 Å². The largest absolute Gasteiger partial charge is 0.394 e. The van der Waals surface area contributed by atoms with E-state index in [4.69, 9.17) is 18.5 Å². The lowest BCUT2D eigenvalue weighted by molar-refractivity contribution is -0.114. The molecule has 3 rings (SSSR count). The molecule has 0 radical (unpaired) electrons. The van der Waals surface area contributed by atoms with Crippen LogP contribution < -0.4 is 5.32 Å². The number of fused-ring (bicyclic) bond motifs is 1. The van der Waals surface area contributed by atoms with Gasteiger partial charge in [0.2, 0.25) is 5.91 Å². The van der Waals surface area contributed by atoms with Crippen molar-refractivity contribution in [2.45, 2.75) is 85.4 Å². The molecule has 1 aliphatic heterocycles. The molecule has 1 fully saturated rings. The van der Waals surface area contributed by atoms with E-state index in [0.717, 1.165) is 0 Å². The summed E-state index contributed by atoms with van der Waals surface area (Å²) in [6.45, 7) is 14.4. The first kappa shape index (κ1) is 33.7. The van der Waals surface area contributed by atoms with Crippen molar-refractivity contribution in [3.8, 4) is 0 Å². The zero-order valence-electron chi connectivity index (χ0n) is 24.8. The predicted molar refractivity (Wildman–Crippen MR) is 158 cm³/mol. The molecular weight excluding hydrogens is 571 g/mol. The van der Waals surface area contributed by atoms with Crippen molar-refractivity contribution >= 4 is 48.3 Å². The van der Waals surface area contributed by atoms with Gasteiger partial charge in [-0.15, -0.1) is 0 Å². The summed E-state index contributed by atoms with van der Waals surface area (Å²) in [5, 5.41) is 13.0. The molecule has 2 aromatic heterocycles. The number of nitrogens with zero attached hydrogens (tertiary/aromatic N) is 5. The molecule has 41 heavy (non-hydrogen) atoms. The van der Waals surface area contributed by atoms with E-state index in [-0.39, 0.29) is 35.6 Å². The first-order chi connectivity index (χ1) is 19.5. The van der Waals surface area contributed by atoms with Crippen LogP contribution in [0.15, 0.2) is 12.7 Å². The fraction of sp³-hybridized carbons (Fsp3) is 0.731. The monoisotopic (exact) mass is 614 g/mol. The number of hydrogen-bond donors (Lipinski definition) is 2. The van der Waals surface area contributed by atoms with E-state index in [1.807, 2.05) is 13.8 Å². The number of rotatable bonds is 16. The number of thioether (sulfide) groups is 1. The number of imidazole rings is 1. The number of nitrogens with one attached hydrogen (secondary N) is 1. The topological polar surface area (TPSA) is 150 Å². The minimum atomic E-state index is -1.51. The Morgan fingerprint density at radius 2 is 1.90 bits per heavy atom. The van der Waals surface area contributed by atoms with E-state index in [1.165, 1.54) is 25.0 Å². The number of aliphatic hydroxyl groups excluding tert-OH is 1. The highest BCUT2D eigenvalue weighted by Gasteiger charge is 2.41. The molecule has 0 spiro atoms. The van der Waals surface area contributed by atoms with Crippen LogP contribution in [0, 0.1) is 5.92 Å². The quantitative estimate of drug-likeness (QED) is 0.209. The summed E-state index contributed by atoms with van der Waals surface area (Å²) >= 11 is 1.28. The van der Waals surface area contributed by atoms with Crippen LogP contribution in [0.2, 0.25) is 0 Å². The van der Waals surface area contributed by atoms with Gasteiger partial charge in [0.15, 0.2) is 22.1 Å². The SMILES string of the molecule is CC(=O)Nc1ncnc2c1ncn2[C@H]1C[C@@H](OP(OCCOCCSC(=O)C(C)C)N(C(C)C)C(C)C)[C@@H](CO)O1. The van der Waals surface area contributed by atoms with Gasteiger partial charge in [0.25, 0.3) is 8.53 Å². The molecule has 2 N–H and O–H groups in total. The molecular formula is C26H43N6O7PS. The Morgan fingerprint density at radius 3 is 2.54 bits per heavy atom. The average molecular weight is 615 g/mol. The van der Waals surface area contributed by atoms with Crippen LogP contribution in [0.1, 0.15) is 61.1 Å². The Kier molecular flexibility index (Phi) is 13.3. The summed E-state index contributed by atoms with van der Waals surface area (Å²) in [6.07, 6.45) is 1.84. The lowest BCUT2D eigenvalue weighted by atomic mass is 10.2. The number of ether oxygens (including phenoxy) is 2. The number of aliphatic hydroxyl groups is 1. The fourth-order valence-electron chi connectivity index (χ4n) is 4.35. The molecule has 15 heteroatoms. The van der Waals surface area contributed by atoms with Crippen LogP contribution in [0.5, 0.6) is 0 Å². The van der Waals surface area contributed by atoms with Gasteiger partial charge in [0.05, 0.1) is 38.9 Å². The zero-order valence-corrected chi connectivity index (χ0v) is 26.6. The van der Waals surface area contributed by atoms with Crippen molar-refractivity contribution in [3.05, 3.63) is 12.7 Å². The number of amides is 1. The van der Waals surface area contributed by atoms with Crippen molar-refractivity contribution < 1.29 is 33.2 Å². The molecule has 13 nitrogen and oxygen atoms in total. The highest BCUT2D eigenvalue weighted by Crippen LogP contribution is 2.50. The van der Waals surface area contributed by atoms with E-state index in [0.29, 0.717) is 49.0 Å². The second kappa shape index (κ2) is 16.2. The van der Waals surface area contributed by atoms with Gasteiger partial charge in [0.1, 0.15) is 18.7 Å². The molecule has 2 aromatic rings. The Morgan fingerprint density at radius 1 is 1.17 bits per heavy atom. The predicted octanol–water partition coefficient (Wildman–Crippen LogP) is 3.74. The average Bonchev–Trinajstić information content (AvgIpc) is 3.51. The number of hydrogen-bond acceptors (Lipinski definition) is 12. The van der Waals surface area contributed by atoms with Crippen LogP contribution in [0.3, 0.4) is 0 Å². The summed E-state index contributed by atoms with van der Waals surface area (Å²) < 4.78 is 28.6. The van der Waals surface area contributed by atoms with Crippen molar-refractivity contribution in [1.82, 2.24) is 24.2 Å². The maximum atomic E-state index is 11.8. The first-order valence-corrected chi connectivity index (χ1v) is 16.0. The lowest BCUT2D eigenvalue weighted by Gasteiger charge is -2.37. The van der Waals surface area contributed by atoms with Gasteiger partial charge in [-0.2, -0.15) is 0 Å². The highest BCUT2D eigenvalue weighted by molar-refractivity contribution is 8.13. The van der Waals surface area contributed by atoms with Crippen molar-refractivity contribution in [3.63, 3.8) is 0 Å². The first-order valence-electron chi connectivity index (χ1n) is 13.9. The van der Waals surface area contributed by atoms with Gasteiger partial charge in [-0.1, -0.05) is 25.6 Å². The van der Waals surface area contributed by atoms with E-state index < -0.39 is 27.0 Å². The molecule has 0 aliphatic carbocycles. The minimum absolute atomic E-state index is 0.00554. The Hall–Kier alpha value is -1.77. The van der Waals surface area contributed by atoms with Crippen LogP contribution >= 0.6 is 20.3 Å². The summed E-state index contributed by atoms with van der Waals surface area (Å²) in [4.78, 5) is 36.2. The summed E-state index contributed by atoms with van der Waals surface area (Å²) in [5.74, 6) is 0.667. The summed E-state index contributed by atoms with van der Waals surface area (Å²) in [6, 6.07) is 0.292. The van der Waals surface area contributed by atoms with Gasteiger partial charge >= 0.3 is 0 Å². The smallest absolute Gasteiger partial charge is 0.259 e. The van der Waals surface area contributed by atoms with Gasteiger partial charge in [-0.3, -0.25) is 14.2 Å². The third-order valence-electron chi connectivity index (χ3n) is 6.17. The third-order valence-corrected chi connectivity index (χ3v) is 9.45. The molecule has 1 saturated heterocycles. The molecule has 1 unspecified atom stereocenters. The van der Waals surface area contributed by atoms with E-state index in [1.54, 1.807) is 10.9 Å². The molecule has 1 aliphatic rings. The normalized spacial score (nSPS) is 20.1.